The predicted molar refractivity (Wildman–Crippen MR) is 117 cm³/mol. The van der Waals surface area contributed by atoms with Crippen molar-refractivity contribution in [3.8, 4) is 0 Å². The number of hydrogen-bond acceptors (Lipinski definition) is 4. The van der Waals surface area contributed by atoms with E-state index in [2.05, 4.69) is 56.1 Å². The molecule has 1 atom stereocenters. The molecule has 1 saturated heterocycles. The molecule has 2 N–H and O–H groups in total. The molecular formula is C22H33N7. The van der Waals surface area contributed by atoms with E-state index in [-0.39, 0.29) is 0 Å². The fourth-order valence-electron chi connectivity index (χ4n) is 4.30. The lowest BCUT2D eigenvalue weighted by atomic mass is 10.0. The third-order valence-corrected chi connectivity index (χ3v) is 6.14. The van der Waals surface area contributed by atoms with Crippen molar-refractivity contribution in [3.05, 3.63) is 42.0 Å². The highest BCUT2D eigenvalue weighted by molar-refractivity contribution is 5.80. The van der Waals surface area contributed by atoms with Crippen molar-refractivity contribution in [2.75, 3.05) is 18.0 Å². The molecule has 0 radical (unpaired) electrons. The van der Waals surface area contributed by atoms with Crippen molar-refractivity contribution < 1.29 is 0 Å². The third kappa shape index (κ3) is 5.08. The van der Waals surface area contributed by atoms with Gasteiger partial charge >= 0.3 is 0 Å². The minimum Gasteiger partial charge on any atom is -0.369 e. The number of anilines is 1. The molecule has 29 heavy (non-hydrogen) atoms. The molecule has 7 nitrogen and oxygen atoms in total. The Balaban J connectivity index is 1.43. The van der Waals surface area contributed by atoms with E-state index in [0.717, 1.165) is 37.1 Å². The van der Waals surface area contributed by atoms with Crippen molar-refractivity contribution in [2.45, 2.75) is 64.1 Å². The summed E-state index contributed by atoms with van der Waals surface area (Å²) in [6.45, 7) is 4.62. The van der Waals surface area contributed by atoms with Crippen LogP contribution in [0.15, 0.2) is 35.3 Å². The van der Waals surface area contributed by atoms with Crippen molar-refractivity contribution in [3.63, 3.8) is 0 Å². The van der Waals surface area contributed by atoms with Gasteiger partial charge in [0, 0.05) is 37.9 Å². The summed E-state index contributed by atoms with van der Waals surface area (Å²) < 4.78 is 2.01. The summed E-state index contributed by atoms with van der Waals surface area (Å²) in [7, 11) is 2.00. The molecule has 2 aromatic rings. The zero-order valence-corrected chi connectivity index (χ0v) is 17.6. The van der Waals surface area contributed by atoms with Gasteiger partial charge < -0.3 is 20.1 Å². The number of benzene rings is 1. The Morgan fingerprint density at radius 2 is 1.76 bits per heavy atom. The van der Waals surface area contributed by atoms with Crippen LogP contribution < -0.4 is 15.5 Å². The molecule has 1 saturated carbocycles. The molecule has 1 aromatic heterocycles. The maximum Gasteiger partial charge on any atom is 0.192 e. The molecular weight excluding hydrogens is 362 g/mol. The summed E-state index contributed by atoms with van der Waals surface area (Å²) in [4.78, 5) is 7.35. The van der Waals surface area contributed by atoms with Crippen LogP contribution in [0.4, 0.5) is 5.69 Å². The Bertz CT molecular complexity index is 808. The Kier molecular flexibility index (Phi) is 6.32. The van der Waals surface area contributed by atoms with Crippen molar-refractivity contribution in [1.29, 1.82) is 0 Å². The molecule has 0 amide bonds. The lowest BCUT2D eigenvalue weighted by Crippen LogP contribution is -2.52. The molecule has 2 heterocycles. The quantitative estimate of drug-likeness (QED) is 0.602. The summed E-state index contributed by atoms with van der Waals surface area (Å²) in [5.74, 6) is 2.72. The predicted octanol–water partition coefficient (Wildman–Crippen LogP) is 2.77. The van der Waals surface area contributed by atoms with Crippen molar-refractivity contribution >= 4 is 11.6 Å². The van der Waals surface area contributed by atoms with E-state index in [1.807, 2.05) is 18.5 Å². The molecule has 1 aliphatic carbocycles. The number of aromatic nitrogens is 3. The zero-order chi connectivity index (χ0) is 20.1. The first-order chi connectivity index (χ1) is 14.2. The number of hydrogen-bond donors (Lipinski definition) is 2. The fraction of sp³-hybridized carbons (Fsp3) is 0.591. The first-order valence-corrected chi connectivity index (χ1v) is 10.9. The van der Waals surface area contributed by atoms with Gasteiger partial charge in [0.15, 0.2) is 11.8 Å². The van der Waals surface area contributed by atoms with Gasteiger partial charge in [0.1, 0.15) is 12.4 Å². The molecule has 2 aliphatic rings. The summed E-state index contributed by atoms with van der Waals surface area (Å²) in [6.07, 6.45) is 7.41. The maximum absolute atomic E-state index is 4.88. The van der Waals surface area contributed by atoms with E-state index < -0.39 is 0 Å². The second-order valence-corrected chi connectivity index (χ2v) is 8.28. The molecule has 7 heteroatoms. The maximum atomic E-state index is 4.88. The van der Waals surface area contributed by atoms with E-state index in [1.165, 1.54) is 37.8 Å². The highest BCUT2D eigenvalue weighted by atomic mass is 15.3. The Hall–Kier alpha value is -2.57. The van der Waals surface area contributed by atoms with E-state index in [9.17, 15) is 0 Å². The minimum atomic E-state index is 0.387. The summed E-state index contributed by atoms with van der Waals surface area (Å²) in [5, 5.41) is 15.8. The monoisotopic (exact) mass is 395 g/mol. The van der Waals surface area contributed by atoms with E-state index in [4.69, 9.17) is 4.99 Å². The second kappa shape index (κ2) is 9.29. The SMILES string of the molecule is Cc1nnc(CN=C(NC2CCCC2)NC2CCCN(c3ccccc3)C2)n1C. The average Bonchev–Trinajstić information content (AvgIpc) is 3.37. The number of nitrogens with one attached hydrogen (secondary N) is 2. The largest absolute Gasteiger partial charge is 0.369 e. The van der Waals surface area contributed by atoms with Gasteiger partial charge in [-0.05, 0) is 44.7 Å². The first kappa shape index (κ1) is 19.7. The Labute approximate surface area is 173 Å². The van der Waals surface area contributed by atoms with Gasteiger partial charge in [-0.15, -0.1) is 10.2 Å². The van der Waals surface area contributed by atoms with E-state index in [0.29, 0.717) is 18.6 Å². The van der Waals surface area contributed by atoms with Crippen LogP contribution in [-0.2, 0) is 13.6 Å². The topological polar surface area (TPSA) is 70.4 Å². The van der Waals surface area contributed by atoms with E-state index >= 15 is 0 Å². The summed E-state index contributed by atoms with van der Waals surface area (Å²) in [6, 6.07) is 11.6. The standard InChI is InChI=1S/C22H33N7/c1-17-26-27-21(28(17)2)15-23-22(24-18-9-6-7-10-18)25-19-11-8-14-29(16-19)20-12-4-3-5-13-20/h3-5,12-13,18-19H,6-11,14-16H2,1-2H3,(H2,23,24,25). The number of guanidine groups is 1. The normalized spacial score (nSPS) is 20.8. The van der Waals surface area contributed by atoms with Crippen LogP contribution in [0.2, 0.25) is 0 Å². The number of nitrogens with zero attached hydrogens (tertiary/aromatic N) is 5. The van der Waals surface area contributed by atoms with Crippen LogP contribution in [0, 0.1) is 6.92 Å². The molecule has 0 bridgehead atoms. The van der Waals surface area contributed by atoms with Crippen LogP contribution in [0.1, 0.15) is 50.2 Å². The summed E-state index contributed by atoms with van der Waals surface area (Å²) >= 11 is 0. The molecule has 1 aromatic carbocycles. The van der Waals surface area contributed by atoms with Crippen molar-refractivity contribution in [2.24, 2.45) is 12.0 Å². The van der Waals surface area contributed by atoms with Crippen LogP contribution in [0.3, 0.4) is 0 Å². The second-order valence-electron chi connectivity index (χ2n) is 8.28. The van der Waals surface area contributed by atoms with Gasteiger partial charge in [-0.2, -0.15) is 0 Å². The number of aliphatic imine (C=N–C) groups is 1. The van der Waals surface area contributed by atoms with Gasteiger partial charge in [-0.3, -0.25) is 0 Å². The van der Waals surface area contributed by atoms with Crippen molar-refractivity contribution in [1.82, 2.24) is 25.4 Å². The minimum absolute atomic E-state index is 0.387. The Morgan fingerprint density at radius 1 is 1.03 bits per heavy atom. The molecule has 156 valence electrons. The highest BCUT2D eigenvalue weighted by Gasteiger charge is 2.23. The smallest absolute Gasteiger partial charge is 0.192 e. The van der Waals surface area contributed by atoms with E-state index in [1.54, 1.807) is 0 Å². The zero-order valence-electron chi connectivity index (χ0n) is 17.6. The number of piperidine rings is 1. The van der Waals surface area contributed by atoms with Crippen LogP contribution in [0.5, 0.6) is 0 Å². The van der Waals surface area contributed by atoms with Crippen LogP contribution in [-0.4, -0.2) is 45.9 Å². The van der Waals surface area contributed by atoms with Crippen LogP contribution in [0.25, 0.3) is 0 Å². The van der Waals surface area contributed by atoms with Gasteiger partial charge in [-0.25, -0.2) is 4.99 Å². The van der Waals surface area contributed by atoms with Gasteiger partial charge in [0.05, 0.1) is 0 Å². The van der Waals surface area contributed by atoms with Gasteiger partial charge in [0.2, 0.25) is 0 Å². The Morgan fingerprint density at radius 3 is 2.48 bits per heavy atom. The first-order valence-electron chi connectivity index (χ1n) is 10.9. The number of rotatable bonds is 5. The van der Waals surface area contributed by atoms with Crippen LogP contribution >= 0.6 is 0 Å². The molecule has 4 rings (SSSR count). The third-order valence-electron chi connectivity index (χ3n) is 6.14. The van der Waals surface area contributed by atoms with Gasteiger partial charge in [-0.1, -0.05) is 31.0 Å². The van der Waals surface area contributed by atoms with Gasteiger partial charge in [0.25, 0.3) is 0 Å². The molecule has 1 aliphatic heterocycles. The number of aryl methyl sites for hydroxylation is 1. The molecule has 2 fully saturated rings. The fourth-order valence-corrected chi connectivity index (χ4v) is 4.30. The highest BCUT2D eigenvalue weighted by Crippen LogP contribution is 2.20. The lowest BCUT2D eigenvalue weighted by molar-refractivity contribution is 0.463. The molecule has 1 unspecified atom stereocenters. The molecule has 0 spiro atoms. The number of para-hydroxylation sites is 1. The summed E-state index contributed by atoms with van der Waals surface area (Å²) in [5.41, 5.74) is 1.30. The lowest BCUT2D eigenvalue weighted by Gasteiger charge is -2.35. The average molecular weight is 396 g/mol.